The number of aryl methyl sites for hydroxylation is 2. The Morgan fingerprint density at radius 3 is 2.33 bits per heavy atom. The molecule has 1 N–H and O–H groups in total. The van der Waals surface area contributed by atoms with E-state index in [0.29, 0.717) is 6.42 Å². The zero-order valence-corrected chi connectivity index (χ0v) is 9.67. The standard InChI is InChI=1S/C13H18N2/c1-4-12(5-6-14)15-13-8-10(2)7-11(3)9-13/h7-9,12,15H,4-5H2,1-3H3. The third-order valence-electron chi connectivity index (χ3n) is 2.42. The molecule has 1 rings (SSSR count). The van der Waals surface area contributed by atoms with E-state index >= 15 is 0 Å². The lowest BCUT2D eigenvalue weighted by Gasteiger charge is -2.16. The summed E-state index contributed by atoms with van der Waals surface area (Å²) in [5.74, 6) is 0. The predicted octanol–water partition coefficient (Wildman–Crippen LogP) is 3.41. The molecule has 0 amide bonds. The lowest BCUT2D eigenvalue weighted by Crippen LogP contribution is -2.17. The molecule has 0 heterocycles. The summed E-state index contributed by atoms with van der Waals surface area (Å²) in [5.41, 5.74) is 3.63. The number of nitriles is 1. The molecule has 0 aliphatic rings. The molecule has 0 spiro atoms. The number of nitrogens with zero attached hydrogens (tertiary/aromatic N) is 1. The number of rotatable bonds is 4. The molecule has 1 atom stereocenters. The van der Waals surface area contributed by atoms with Crippen LogP contribution in [0.2, 0.25) is 0 Å². The molecule has 15 heavy (non-hydrogen) atoms. The van der Waals surface area contributed by atoms with Crippen molar-refractivity contribution in [3.63, 3.8) is 0 Å². The van der Waals surface area contributed by atoms with Gasteiger partial charge in [0, 0.05) is 11.7 Å². The second kappa shape index (κ2) is 5.41. The van der Waals surface area contributed by atoms with Crippen molar-refractivity contribution in [2.45, 2.75) is 39.7 Å². The summed E-state index contributed by atoms with van der Waals surface area (Å²) in [7, 11) is 0. The molecule has 0 aliphatic heterocycles. The average molecular weight is 202 g/mol. The quantitative estimate of drug-likeness (QED) is 0.812. The number of anilines is 1. The number of nitrogens with one attached hydrogen (secondary N) is 1. The van der Waals surface area contributed by atoms with Crippen LogP contribution in [-0.2, 0) is 0 Å². The van der Waals surface area contributed by atoms with Crippen LogP contribution in [0.15, 0.2) is 18.2 Å². The third-order valence-corrected chi connectivity index (χ3v) is 2.42. The van der Waals surface area contributed by atoms with Gasteiger partial charge in [-0.3, -0.25) is 0 Å². The van der Waals surface area contributed by atoms with Crippen molar-refractivity contribution in [1.82, 2.24) is 0 Å². The van der Waals surface area contributed by atoms with Crippen LogP contribution in [0.5, 0.6) is 0 Å². The minimum absolute atomic E-state index is 0.260. The zero-order chi connectivity index (χ0) is 11.3. The monoisotopic (exact) mass is 202 g/mol. The summed E-state index contributed by atoms with van der Waals surface area (Å²) < 4.78 is 0. The van der Waals surface area contributed by atoms with Crippen molar-refractivity contribution >= 4 is 5.69 Å². The van der Waals surface area contributed by atoms with Crippen LogP contribution in [0.1, 0.15) is 30.9 Å². The molecule has 1 aromatic carbocycles. The van der Waals surface area contributed by atoms with E-state index in [4.69, 9.17) is 5.26 Å². The first-order valence-corrected chi connectivity index (χ1v) is 5.37. The van der Waals surface area contributed by atoms with Gasteiger partial charge in [-0.25, -0.2) is 0 Å². The Hall–Kier alpha value is -1.49. The molecular formula is C13H18N2. The van der Waals surface area contributed by atoms with Gasteiger partial charge in [0.15, 0.2) is 0 Å². The van der Waals surface area contributed by atoms with E-state index in [9.17, 15) is 0 Å². The van der Waals surface area contributed by atoms with Crippen LogP contribution in [0.3, 0.4) is 0 Å². The highest BCUT2D eigenvalue weighted by molar-refractivity contribution is 5.49. The fraction of sp³-hybridized carbons (Fsp3) is 0.462. The molecule has 1 unspecified atom stereocenters. The molecule has 2 heteroatoms. The number of hydrogen-bond donors (Lipinski definition) is 1. The zero-order valence-electron chi connectivity index (χ0n) is 9.67. The molecule has 0 saturated heterocycles. The van der Waals surface area contributed by atoms with Crippen LogP contribution in [0.4, 0.5) is 5.69 Å². The Bertz CT molecular complexity index is 343. The minimum Gasteiger partial charge on any atom is -0.381 e. The smallest absolute Gasteiger partial charge is 0.0643 e. The summed E-state index contributed by atoms with van der Waals surface area (Å²) >= 11 is 0. The first-order chi connectivity index (χ1) is 7.15. The highest BCUT2D eigenvalue weighted by Crippen LogP contribution is 2.16. The number of benzene rings is 1. The fourth-order valence-electron chi connectivity index (χ4n) is 1.70. The second-order valence-corrected chi connectivity index (χ2v) is 3.99. The molecule has 0 aromatic heterocycles. The van der Waals surface area contributed by atoms with Gasteiger partial charge in [-0.1, -0.05) is 13.0 Å². The highest BCUT2D eigenvalue weighted by atomic mass is 14.9. The van der Waals surface area contributed by atoms with Gasteiger partial charge in [0.1, 0.15) is 0 Å². The van der Waals surface area contributed by atoms with Crippen molar-refractivity contribution in [2.75, 3.05) is 5.32 Å². The molecule has 0 radical (unpaired) electrons. The Balaban J connectivity index is 2.75. The molecule has 1 aromatic rings. The summed E-state index contributed by atoms with van der Waals surface area (Å²) in [5, 5.41) is 12.1. The second-order valence-electron chi connectivity index (χ2n) is 3.99. The Kier molecular flexibility index (Phi) is 4.17. The maximum atomic E-state index is 8.66. The van der Waals surface area contributed by atoms with Gasteiger partial charge in [-0.15, -0.1) is 0 Å². The summed E-state index contributed by atoms with van der Waals surface area (Å²) in [6, 6.07) is 8.85. The lowest BCUT2D eigenvalue weighted by molar-refractivity contribution is 0.711. The summed E-state index contributed by atoms with van der Waals surface area (Å²) in [6.07, 6.45) is 1.53. The summed E-state index contributed by atoms with van der Waals surface area (Å²) in [6.45, 7) is 6.27. The third kappa shape index (κ3) is 3.63. The Morgan fingerprint density at radius 2 is 1.87 bits per heavy atom. The van der Waals surface area contributed by atoms with Crippen molar-refractivity contribution in [3.8, 4) is 6.07 Å². The van der Waals surface area contributed by atoms with E-state index in [-0.39, 0.29) is 6.04 Å². The Morgan fingerprint density at radius 1 is 1.27 bits per heavy atom. The van der Waals surface area contributed by atoms with E-state index in [1.807, 2.05) is 0 Å². The van der Waals surface area contributed by atoms with Crippen molar-refractivity contribution in [2.24, 2.45) is 0 Å². The minimum atomic E-state index is 0.260. The summed E-state index contributed by atoms with van der Waals surface area (Å²) in [4.78, 5) is 0. The van der Waals surface area contributed by atoms with Crippen LogP contribution >= 0.6 is 0 Å². The van der Waals surface area contributed by atoms with Gasteiger partial charge in [0.25, 0.3) is 0 Å². The molecule has 0 fully saturated rings. The van der Waals surface area contributed by atoms with Crippen molar-refractivity contribution < 1.29 is 0 Å². The van der Waals surface area contributed by atoms with Gasteiger partial charge >= 0.3 is 0 Å². The number of hydrogen-bond acceptors (Lipinski definition) is 2. The molecule has 0 bridgehead atoms. The Labute approximate surface area is 91.9 Å². The van der Waals surface area contributed by atoms with Crippen molar-refractivity contribution in [3.05, 3.63) is 29.3 Å². The van der Waals surface area contributed by atoms with E-state index in [1.54, 1.807) is 0 Å². The van der Waals surface area contributed by atoms with Gasteiger partial charge in [-0.2, -0.15) is 5.26 Å². The SMILES string of the molecule is CCC(CC#N)Nc1cc(C)cc(C)c1. The maximum absolute atomic E-state index is 8.66. The van der Waals surface area contributed by atoms with E-state index in [2.05, 4.69) is 50.4 Å². The molecular weight excluding hydrogens is 184 g/mol. The molecule has 80 valence electrons. The van der Waals surface area contributed by atoms with Gasteiger partial charge in [0.2, 0.25) is 0 Å². The molecule has 2 nitrogen and oxygen atoms in total. The van der Waals surface area contributed by atoms with Gasteiger partial charge < -0.3 is 5.32 Å². The average Bonchev–Trinajstić information content (AvgIpc) is 2.15. The maximum Gasteiger partial charge on any atom is 0.0643 e. The van der Waals surface area contributed by atoms with Gasteiger partial charge in [0.05, 0.1) is 12.5 Å². The van der Waals surface area contributed by atoms with Crippen LogP contribution in [0, 0.1) is 25.2 Å². The highest BCUT2D eigenvalue weighted by Gasteiger charge is 2.05. The lowest BCUT2D eigenvalue weighted by atomic mass is 10.1. The fourth-order valence-corrected chi connectivity index (χ4v) is 1.70. The molecule has 0 saturated carbocycles. The van der Waals surface area contributed by atoms with Crippen molar-refractivity contribution in [1.29, 1.82) is 5.26 Å². The first-order valence-electron chi connectivity index (χ1n) is 5.37. The van der Waals surface area contributed by atoms with E-state index in [0.717, 1.165) is 12.1 Å². The largest absolute Gasteiger partial charge is 0.381 e. The van der Waals surface area contributed by atoms with E-state index < -0.39 is 0 Å². The topological polar surface area (TPSA) is 35.8 Å². The molecule has 0 aliphatic carbocycles. The normalized spacial score (nSPS) is 11.9. The first kappa shape index (κ1) is 11.6. The van der Waals surface area contributed by atoms with Crippen LogP contribution in [-0.4, -0.2) is 6.04 Å². The van der Waals surface area contributed by atoms with Crippen LogP contribution in [0.25, 0.3) is 0 Å². The van der Waals surface area contributed by atoms with E-state index in [1.165, 1.54) is 11.1 Å². The predicted molar refractivity (Wildman–Crippen MR) is 63.8 cm³/mol. The van der Waals surface area contributed by atoms with Crippen LogP contribution < -0.4 is 5.32 Å². The van der Waals surface area contributed by atoms with Gasteiger partial charge in [-0.05, 0) is 43.5 Å².